The predicted molar refractivity (Wildman–Crippen MR) is 107 cm³/mol. The molecule has 30 heavy (non-hydrogen) atoms. The van der Waals surface area contributed by atoms with Crippen molar-refractivity contribution >= 4 is 34.1 Å². The SMILES string of the molecule is [2H]C([2H])([2H])[n+]1[nH]nc2c3cc(cc21)CO[C@@H]1CCC[C@H]1NC(=O)c1cnc2ccc(nn12)N3. The van der Waals surface area contributed by atoms with Gasteiger partial charge in [-0.15, -0.1) is 5.10 Å². The molecule has 0 unspecified atom stereocenters. The summed E-state index contributed by atoms with van der Waals surface area (Å²) in [6, 6.07) is 7.00. The Morgan fingerprint density at radius 3 is 3.23 bits per heavy atom. The monoisotopic (exact) mass is 408 g/mol. The molecule has 3 aromatic heterocycles. The van der Waals surface area contributed by atoms with Gasteiger partial charge in [0.1, 0.15) is 6.98 Å². The van der Waals surface area contributed by atoms with E-state index in [1.54, 1.807) is 18.2 Å². The van der Waals surface area contributed by atoms with Crippen molar-refractivity contribution in [1.29, 1.82) is 0 Å². The normalized spacial score (nSPS) is 23.3. The van der Waals surface area contributed by atoms with Crippen LogP contribution in [-0.2, 0) is 18.3 Å². The Morgan fingerprint density at radius 1 is 1.33 bits per heavy atom. The molecule has 6 rings (SSSR count). The first kappa shape index (κ1) is 14.5. The minimum absolute atomic E-state index is 0.128. The van der Waals surface area contributed by atoms with E-state index < -0.39 is 6.98 Å². The molecule has 1 amide bonds. The van der Waals surface area contributed by atoms with Crippen LogP contribution in [-0.4, -0.2) is 43.0 Å². The van der Waals surface area contributed by atoms with Gasteiger partial charge in [0.15, 0.2) is 17.2 Å². The third-order valence-corrected chi connectivity index (χ3v) is 5.74. The Kier molecular flexibility index (Phi) is 3.13. The number of hydrogen-bond acceptors (Lipinski definition) is 6. The van der Waals surface area contributed by atoms with E-state index in [9.17, 15) is 4.79 Å². The van der Waals surface area contributed by atoms with Crippen LogP contribution in [0.15, 0.2) is 30.5 Å². The highest BCUT2D eigenvalue weighted by molar-refractivity contribution is 5.93. The summed E-state index contributed by atoms with van der Waals surface area (Å²) < 4.78 is 32.2. The molecule has 0 spiro atoms. The number of rotatable bonds is 0. The topological polar surface area (TPSA) is 113 Å². The van der Waals surface area contributed by atoms with E-state index in [2.05, 4.69) is 31.0 Å². The smallest absolute Gasteiger partial charge is 0.272 e. The first-order valence-electron chi connectivity index (χ1n) is 11.3. The fraction of sp³-hybridized carbons (Fsp3) is 0.350. The molecule has 4 aromatic rings. The Morgan fingerprint density at radius 2 is 2.30 bits per heavy atom. The van der Waals surface area contributed by atoms with Crippen LogP contribution < -0.4 is 15.3 Å². The Labute approximate surface area is 175 Å². The lowest BCUT2D eigenvalue weighted by atomic mass is 10.1. The summed E-state index contributed by atoms with van der Waals surface area (Å²) in [5.74, 6) is 0.199. The van der Waals surface area contributed by atoms with E-state index in [0.717, 1.165) is 29.5 Å². The largest absolute Gasteiger partial charge is 0.371 e. The standard InChI is InChI=1S/C20H20N8O2/c1-27-14-8-11-7-13(19(14)24-26-27)22-17-5-6-18-21-9-15(28(18)25-17)20(29)23-12-3-2-4-16(12)30-10-11/h5-9,12,16H,2-4,10H2,1H3,(H2,22,23,25,26,29)/p+1/t12-,16-/m1/s1/i1D3. The molecule has 2 atom stereocenters. The summed E-state index contributed by atoms with van der Waals surface area (Å²) in [6.07, 6.45) is 3.94. The third kappa shape index (κ3) is 2.71. The van der Waals surface area contributed by atoms with Crippen LogP contribution in [0.5, 0.6) is 0 Å². The maximum absolute atomic E-state index is 13.0. The van der Waals surface area contributed by atoms with Crippen molar-refractivity contribution in [1.82, 2.24) is 30.2 Å². The Bertz CT molecular complexity index is 1400. The van der Waals surface area contributed by atoms with Crippen LogP contribution in [0.25, 0.3) is 16.7 Å². The second-order valence-corrected chi connectivity index (χ2v) is 7.68. The van der Waals surface area contributed by atoms with Crippen LogP contribution in [0.4, 0.5) is 11.5 Å². The average Bonchev–Trinajstić information content (AvgIpc) is 3.49. The number of anilines is 2. The van der Waals surface area contributed by atoms with Crippen molar-refractivity contribution in [3.8, 4) is 0 Å². The van der Waals surface area contributed by atoms with Crippen LogP contribution in [0.1, 0.15) is 39.4 Å². The highest BCUT2D eigenvalue weighted by atomic mass is 16.5. The van der Waals surface area contributed by atoms with Gasteiger partial charge < -0.3 is 15.4 Å². The van der Waals surface area contributed by atoms with Crippen molar-refractivity contribution in [2.24, 2.45) is 6.98 Å². The van der Waals surface area contributed by atoms with E-state index in [4.69, 9.17) is 8.85 Å². The molecule has 10 nitrogen and oxygen atoms in total. The number of aromatic nitrogens is 6. The summed E-state index contributed by atoms with van der Waals surface area (Å²) in [4.78, 5) is 17.3. The molecule has 0 radical (unpaired) electrons. The van der Waals surface area contributed by atoms with E-state index >= 15 is 0 Å². The summed E-state index contributed by atoms with van der Waals surface area (Å²) >= 11 is 0. The van der Waals surface area contributed by atoms with Gasteiger partial charge in [-0.1, -0.05) is 5.21 Å². The number of nitrogens with one attached hydrogen (secondary N) is 3. The number of aryl methyl sites for hydroxylation is 1. The lowest BCUT2D eigenvalue weighted by Gasteiger charge is -2.22. The molecule has 1 aliphatic heterocycles. The van der Waals surface area contributed by atoms with Gasteiger partial charge in [0.05, 0.1) is 34.7 Å². The lowest BCUT2D eigenvalue weighted by molar-refractivity contribution is -0.707. The fourth-order valence-electron chi connectivity index (χ4n) is 4.27. The maximum atomic E-state index is 13.0. The molecule has 3 N–H and O–H groups in total. The van der Waals surface area contributed by atoms with Gasteiger partial charge in [0, 0.05) is 5.10 Å². The molecular formula is C20H21N8O2+. The zero-order valence-corrected chi connectivity index (χ0v) is 15.9. The van der Waals surface area contributed by atoms with Gasteiger partial charge in [-0.05, 0) is 49.1 Å². The third-order valence-electron chi connectivity index (χ3n) is 5.74. The number of hydrogen-bond donors (Lipinski definition) is 3. The number of fused-ring (bicyclic) bond motifs is 6. The van der Waals surface area contributed by atoms with Crippen LogP contribution in [0, 0.1) is 0 Å². The van der Waals surface area contributed by atoms with Crippen LogP contribution >= 0.6 is 0 Å². The minimum atomic E-state index is -2.42. The minimum Gasteiger partial charge on any atom is -0.371 e. The number of benzene rings is 1. The molecule has 10 heteroatoms. The molecule has 2 aliphatic rings. The van der Waals surface area contributed by atoms with Gasteiger partial charge in [0.2, 0.25) is 5.52 Å². The van der Waals surface area contributed by atoms with Crippen LogP contribution in [0.3, 0.4) is 0 Å². The van der Waals surface area contributed by atoms with Crippen molar-refractivity contribution in [3.05, 3.63) is 41.7 Å². The van der Waals surface area contributed by atoms with Crippen molar-refractivity contribution in [2.75, 3.05) is 5.32 Å². The molecule has 1 saturated carbocycles. The average molecular weight is 408 g/mol. The predicted octanol–water partition coefficient (Wildman–Crippen LogP) is 1.35. The van der Waals surface area contributed by atoms with Gasteiger partial charge >= 0.3 is 0 Å². The number of carbonyl (C=O) groups excluding carboxylic acids is 1. The van der Waals surface area contributed by atoms with E-state index in [1.165, 1.54) is 10.7 Å². The highest BCUT2D eigenvalue weighted by Crippen LogP contribution is 2.28. The van der Waals surface area contributed by atoms with E-state index in [0.29, 0.717) is 33.9 Å². The number of ether oxygens (including phenoxy) is 1. The number of aromatic amines is 1. The van der Waals surface area contributed by atoms with Gasteiger partial charge in [-0.25, -0.2) is 9.50 Å². The maximum Gasteiger partial charge on any atom is 0.272 e. The van der Waals surface area contributed by atoms with Gasteiger partial charge in [-0.3, -0.25) is 4.79 Å². The molecule has 0 saturated heterocycles. The van der Waals surface area contributed by atoms with Crippen molar-refractivity contribution in [2.45, 2.75) is 38.0 Å². The highest BCUT2D eigenvalue weighted by Gasteiger charge is 2.31. The van der Waals surface area contributed by atoms with Gasteiger partial charge in [0.25, 0.3) is 11.4 Å². The summed E-state index contributed by atoms with van der Waals surface area (Å²) in [5, 5.41) is 17.7. The lowest BCUT2D eigenvalue weighted by Crippen LogP contribution is -2.41. The zero-order valence-electron chi connectivity index (χ0n) is 18.9. The molecule has 1 aliphatic carbocycles. The van der Waals surface area contributed by atoms with Gasteiger partial charge in [-0.2, -0.15) is 4.68 Å². The molecular weight excluding hydrogens is 384 g/mol. The fourth-order valence-corrected chi connectivity index (χ4v) is 4.27. The molecule has 4 bridgehead atoms. The first-order valence-corrected chi connectivity index (χ1v) is 9.85. The summed E-state index contributed by atoms with van der Waals surface area (Å²) in [6.45, 7) is -2.16. The summed E-state index contributed by atoms with van der Waals surface area (Å²) in [7, 11) is 0. The Balaban J connectivity index is 1.53. The number of imidazole rings is 1. The Hall–Kier alpha value is -3.53. The first-order chi connectivity index (χ1) is 15.9. The van der Waals surface area contributed by atoms with Crippen molar-refractivity contribution < 1.29 is 18.3 Å². The molecule has 1 fully saturated rings. The summed E-state index contributed by atoms with van der Waals surface area (Å²) in [5.41, 5.74) is 3.09. The molecule has 1 aromatic carbocycles. The zero-order chi connectivity index (χ0) is 22.7. The second kappa shape index (κ2) is 6.49. The quantitative estimate of drug-likeness (QED) is 0.379. The van der Waals surface area contributed by atoms with E-state index in [1.807, 2.05) is 6.07 Å². The number of carbonyl (C=O) groups is 1. The van der Waals surface area contributed by atoms with E-state index in [-0.39, 0.29) is 24.7 Å². The van der Waals surface area contributed by atoms with Crippen molar-refractivity contribution in [3.63, 3.8) is 0 Å². The van der Waals surface area contributed by atoms with Crippen LogP contribution in [0.2, 0.25) is 0 Å². The molecule has 4 heterocycles. The molecule has 152 valence electrons. The number of H-pyrrole nitrogens is 1. The number of nitrogens with zero attached hydrogens (tertiary/aromatic N) is 5. The number of amides is 1. The second-order valence-electron chi connectivity index (χ2n) is 7.68.